The highest BCUT2D eigenvalue weighted by Gasteiger charge is 2.19. The molecule has 0 aliphatic rings. The minimum atomic E-state index is 0.284. The number of nitrogens with two attached hydrogens (primary N) is 1. The van der Waals surface area contributed by atoms with Crippen molar-refractivity contribution in [3.8, 4) is 22.5 Å². The van der Waals surface area contributed by atoms with Crippen LogP contribution < -0.4 is 5.73 Å². The number of hydrogen-bond acceptors (Lipinski definition) is 5. The third-order valence-electron chi connectivity index (χ3n) is 2.68. The maximum atomic E-state index is 6.19. The van der Waals surface area contributed by atoms with Crippen LogP contribution in [0.5, 0.6) is 0 Å². The maximum Gasteiger partial charge on any atom is 0.180 e. The molecule has 0 saturated carbocycles. The largest absolute Gasteiger partial charge is 0.380 e. The Morgan fingerprint density at radius 3 is 2.58 bits per heavy atom. The highest BCUT2D eigenvalue weighted by molar-refractivity contribution is 6.33. The fraction of sp³-hybridized carbons (Fsp3) is 0. The van der Waals surface area contributed by atoms with Crippen LogP contribution in [0.25, 0.3) is 22.5 Å². The molecule has 2 N–H and O–H groups in total. The van der Waals surface area contributed by atoms with Crippen molar-refractivity contribution in [2.75, 3.05) is 5.73 Å². The number of nitrogens with zero attached hydrogens (tertiary/aromatic N) is 3. The Labute approximate surface area is 114 Å². The van der Waals surface area contributed by atoms with E-state index in [1.54, 1.807) is 18.5 Å². The van der Waals surface area contributed by atoms with Gasteiger partial charge in [-0.3, -0.25) is 0 Å². The number of anilines is 1. The SMILES string of the molecule is Nc1noc(-c2cncnc2)c1-c1ccccc1Cl. The first-order valence-corrected chi connectivity index (χ1v) is 5.90. The number of halogens is 1. The highest BCUT2D eigenvalue weighted by Crippen LogP contribution is 2.39. The van der Waals surface area contributed by atoms with E-state index < -0.39 is 0 Å². The molecule has 3 aromatic rings. The highest BCUT2D eigenvalue weighted by atomic mass is 35.5. The lowest BCUT2D eigenvalue weighted by Gasteiger charge is -2.04. The molecule has 0 saturated heterocycles. The van der Waals surface area contributed by atoms with Crippen molar-refractivity contribution in [1.29, 1.82) is 0 Å². The number of benzene rings is 1. The topological polar surface area (TPSA) is 77.8 Å². The Balaban J connectivity index is 2.23. The zero-order chi connectivity index (χ0) is 13.2. The van der Waals surface area contributed by atoms with Crippen LogP contribution >= 0.6 is 11.6 Å². The first kappa shape index (κ1) is 11.7. The molecule has 19 heavy (non-hydrogen) atoms. The van der Waals surface area contributed by atoms with E-state index in [0.717, 1.165) is 5.56 Å². The molecule has 2 aromatic heterocycles. The van der Waals surface area contributed by atoms with E-state index in [4.69, 9.17) is 21.9 Å². The van der Waals surface area contributed by atoms with Gasteiger partial charge in [0, 0.05) is 23.0 Å². The molecular formula is C13H9ClN4O. The lowest BCUT2D eigenvalue weighted by molar-refractivity contribution is 0.436. The molecule has 1 aromatic carbocycles. The molecule has 0 atom stereocenters. The van der Waals surface area contributed by atoms with Crippen molar-refractivity contribution in [3.63, 3.8) is 0 Å². The average molecular weight is 273 g/mol. The van der Waals surface area contributed by atoms with Crippen molar-refractivity contribution in [2.24, 2.45) is 0 Å². The standard InChI is InChI=1S/C13H9ClN4O/c14-10-4-2-1-3-9(10)11-12(19-18-13(11)15)8-5-16-7-17-6-8/h1-7H,(H2,15,18). The van der Waals surface area contributed by atoms with Crippen LogP contribution in [0.2, 0.25) is 5.02 Å². The van der Waals surface area contributed by atoms with E-state index in [2.05, 4.69) is 15.1 Å². The van der Waals surface area contributed by atoms with Gasteiger partial charge >= 0.3 is 0 Å². The van der Waals surface area contributed by atoms with Crippen LogP contribution in [0.4, 0.5) is 5.82 Å². The van der Waals surface area contributed by atoms with Gasteiger partial charge in [-0.2, -0.15) is 0 Å². The molecule has 2 heterocycles. The Kier molecular flexibility index (Phi) is 2.89. The molecule has 0 aliphatic carbocycles. The van der Waals surface area contributed by atoms with Gasteiger partial charge < -0.3 is 10.3 Å². The van der Waals surface area contributed by atoms with E-state index in [1.807, 2.05) is 18.2 Å². The van der Waals surface area contributed by atoms with Gasteiger partial charge in [0.25, 0.3) is 0 Å². The second-order valence-electron chi connectivity index (χ2n) is 3.88. The number of aromatic nitrogens is 3. The molecule has 0 unspecified atom stereocenters. The third-order valence-corrected chi connectivity index (χ3v) is 3.01. The van der Waals surface area contributed by atoms with Crippen LogP contribution in [0, 0.1) is 0 Å². The summed E-state index contributed by atoms with van der Waals surface area (Å²) in [6.45, 7) is 0. The van der Waals surface area contributed by atoms with E-state index >= 15 is 0 Å². The Morgan fingerprint density at radius 2 is 1.84 bits per heavy atom. The summed E-state index contributed by atoms with van der Waals surface area (Å²) in [5.74, 6) is 0.790. The minimum absolute atomic E-state index is 0.284. The van der Waals surface area contributed by atoms with Gasteiger partial charge in [-0.25, -0.2) is 9.97 Å². The zero-order valence-electron chi connectivity index (χ0n) is 9.75. The van der Waals surface area contributed by atoms with Gasteiger partial charge in [-0.1, -0.05) is 35.0 Å². The fourth-order valence-electron chi connectivity index (χ4n) is 1.84. The van der Waals surface area contributed by atoms with E-state index in [-0.39, 0.29) is 5.82 Å². The van der Waals surface area contributed by atoms with Crippen molar-refractivity contribution in [3.05, 3.63) is 48.0 Å². The molecule has 0 bridgehead atoms. The monoisotopic (exact) mass is 272 g/mol. The maximum absolute atomic E-state index is 6.19. The summed E-state index contributed by atoms with van der Waals surface area (Å²) in [5.41, 5.74) is 7.99. The summed E-state index contributed by atoms with van der Waals surface area (Å²) in [4.78, 5) is 7.91. The van der Waals surface area contributed by atoms with E-state index in [1.165, 1.54) is 6.33 Å². The van der Waals surface area contributed by atoms with Crippen LogP contribution in [-0.2, 0) is 0 Å². The summed E-state index contributed by atoms with van der Waals surface area (Å²) in [5, 5.41) is 4.38. The molecule has 0 spiro atoms. The Hall–Kier alpha value is -2.40. The summed E-state index contributed by atoms with van der Waals surface area (Å²) >= 11 is 6.19. The fourth-order valence-corrected chi connectivity index (χ4v) is 2.07. The molecule has 0 radical (unpaired) electrons. The lowest BCUT2D eigenvalue weighted by atomic mass is 10.0. The molecule has 5 nitrogen and oxygen atoms in total. The van der Waals surface area contributed by atoms with Crippen molar-refractivity contribution >= 4 is 17.4 Å². The lowest BCUT2D eigenvalue weighted by Crippen LogP contribution is -1.90. The molecule has 0 aliphatic heterocycles. The second-order valence-corrected chi connectivity index (χ2v) is 4.29. The van der Waals surface area contributed by atoms with Gasteiger partial charge in [-0.15, -0.1) is 0 Å². The van der Waals surface area contributed by atoms with Crippen molar-refractivity contribution in [1.82, 2.24) is 15.1 Å². The first-order chi connectivity index (χ1) is 9.27. The Morgan fingerprint density at radius 1 is 1.11 bits per heavy atom. The average Bonchev–Trinajstić information content (AvgIpc) is 2.82. The van der Waals surface area contributed by atoms with E-state index in [9.17, 15) is 0 Å². The second kappa shape index (κ2) is 4.70. The Bertz CT molecular complexity index is 712. The molecular weight excluding hydrogens is 264 g/mol. The molecule has 94 valence electrons. The van der Waals surface area contributed by atoms with Gasteiger partial charge in [0.1, 0.15) is 6.33 Å². The van der Waals surface area contributed by atoms with Gasteiger partial charge in [0.15, 0.2) is 11.6 Å². The summed E-state index contributed by atoms with van der Waals surface area (Å²) in [6.07, 6.45) is 4.71. The summed E-state index contributed by atoms with van der Waals surface area (Å²) in [7, 11) is 0. The number of rotatable bonds is 2. The first-order valence-electron chi connectivity index (χ1n) is 5.53. The molecule has 0 amide bonds. The van der Waals surface area contributed by atoms with Crippen LogP contribution in [0.1, 0.15) is 0 Å². The zero-order valence-corrected chi connectivity index (χ0v) is 10.5. The van der Waals surface area contributed by atoms with Gasteiger partial charge in [0.2, 0.25) is 0 Å². The summed E-state index contributed by atoms with van der Waals surface area (Å²) < 4.78 is 5.28. The predicted molar refractivity (Wildman–Crippen MR) is 72.4 cm³/mol. The molecule has 6 heteroatoms. The number of hydrogen-bond donors (Lipinski definition) is 1. The quantitative estimate of drug-likeness (QED) is 0.776. The van der Waals surface area contributed by atoms with E-state index in [0.29, 0.717) is 21.9 Å². The summed E-state index contributed by atoms with van der Waals surface area (Å²) in [6, 6.07) is 7.37. The molecule has 0 fully saturated rings. The molecule has 3 rings (SSSR count). The van der Waals surface area contributed by atoms with Gasteiger partial charge in [0.05, 0.1) is 11.1 Å². The van der Waals surface area contributed by atoms with Gasteiger partial charge in [-0.05, 0) is 6.07 Å². The third kappa shape index (κ3) is 2.04. The van der Waals surface area contributed by atoms with Crippen molar-refractivity contribution in [2.45, 2.75) is 0 Å². The normalized spacial score (nSPS) is 10.6. The van der Waals surface area contributed by atoms with Crippen LogP contribution in [0.3, 0.4) is 0 Å². The predicted octanol–water partition coefficient (Wildman–Crippen LogP) is 3.03. The minimum Gasteiger partial charge on any atom is -0.380 e. The van der Waals surface area contributed by atoms with Crippen LogP contribution in [-0.4, -0.2) is 15.1 Å². The van der Waals surface area contributed by atoms with Crippen LogP contribution in [0.15, 0.2) is 47.5 Å². The number of nitrogen functional groups attached to an aromatic ring is 1. The smallest absolute Gasteiger partial charge is 0.180 e. The van der Waals surface area contributed by atoms with Crippen molar-refractivity contribution < 1.29 is 4.52 Å².